The fourth-order valence-electron chi connectivity index (χ4n) is 1.86. The van der Waals surface area contributed by atoms with Gasteiger partial charge in [0.25, 0.3) is 0 Å². The summed E-state index contributed by atoms with van der Waals surface area (Å²) in [5.74, 6) is 0.650. The van der Waals surface area contributed by atoms with Crippen LogP contribution in [-0.4, -0.2) is 17.1 Å². The first-order valence-electron chi connectivity index (χ1n) is 6.41. The number of aryl methyl sites for hydroxylation is 1. The van der Waals surface area contributed by atoms with Crippen LogP contribution < -0.4 is 10.5 Å². The number of carboxylic acid groups (broad SMARTS) is 1. The zero-order valence-electron chi connectivity index (χ0n) is 11.5. The minimum absolute atomic E-state index is 0.139. The van der Waals surface area contributed by atoms with Gasteiger partial charge in [0, 0.05) is 6.42 Å². The van der Waals surface area contributed by atoms with Gasteiger partial charge in [0.05, 0.1) is 5.02 Å². The number of carboxylic acids is 1. The maximum absolute atomic E-state index is 10.7. The van der Waals surface area contributed by atoms with Crippen LogP contribution in [-0.2, 0) is 17.8 Å². The lowest BCUT2D eigenvalue weighted by Gasteiger charge is -2.09. The summed E-state index contributed by atoms with van der Waals surface area (Å²) in [6.07, 6.45) is 0.139. The molecule has 1 atom stereocenters. The average Bonchev–Trinajstić information content (AvgIpc) is 2.85. The van der Waals surface area contributed by atoms with E-state index in [0.29, 0.717) is 22.3 Å². The summed E-state index contributed by atoms with van der Waals surface area (Å²) >= 11 is 6.07. The minimum atomic E-state index is -1.06. The molecule has 1 aromatic heterocycles. The summed E-state index contributed by atoms with van der Waals surface area (Å²) < 4.78 is 11.1. The van der Waals surface area contributed by atoms with Crippen molar-refractivity contribution in [2.45, 2.75) is 26.0 Å². The molecule has 1 unspecified atom stereocenters. The van der Waals surface area contributed by atoms with Crippen molar-refractivity contribution in [2.24, 2.45) is 5.73 Å². The van der Waals surface area contributed by atoms with Gasteiger partial charge in [-0.15, -0.1) is 0 Å². The molecule has 2 aromatic rings. The van der Waals surface area contributed by atoms with E-state index in [1.54, 1.807) is 18.2 Å². The number of benzene rings is 1. The highest BCUT2D eigenvalue weighted by atomic mass is 35.5. The van der Waals surface area contributed by atoms with Crippen molar-refractivity contribution < 1.29 is 19.1 Å². The number of furan rings is 1. The Morgan fingerprint density at radius 1 is 1.38 bits per heavy atom. The molecule has 112 valence electrons. The Hall–Kier alpha value is -1.98. The number of ether oxygens (including phenoxy) is 1. The zero-order valence-corrected chi connectivity index (χ0v) is 12.3. The van der Waals surface area contributed by atoms with Crippen LogP contribution in [0.25, 0.3) is 0 Å². The standard InChI is InChI=1S/C15H16ClNO4/c1-9-3-2-4-12(16)14(9)20-8-11-6-5-10(21-11)7-13(17)15(18)19/h2-6,13H,7-8,17H2,1H3,(H,18,19). The van der Waals surface area contributed by atoms with E-state index in [1.165, 1.54) is 0 Å². The van der Waals surface area contributed by atoms with Gasteiger partial charge in [-0.3, -0.25) is 4.79 Å². The SMILES string of the molecule is Cc1cccc(Cl)c1OCc1ccc(CC(N)C(=O)O)o1. The molecule has 0 aliphatic rings. The van der Waals surface area contributed by atoms with Gasteiger partial charge in [-0.1, -0.05) is 23.7 Å². The Balaban J connectivity index is 1.98. The van der Waals surface area contributed by atoms with Crippen LogP contribution in [0.15, 0.2) is 34.7 Å². The Bertz CT molecular complexity index is 618. The van der Waals surface area contributed by atoms with E-state index in [9.17, 15) is 4.79 Å². The first kappa shape index (κ1) is 15.4. The lowest BCUT2D eigenvalue weighted by atomic mass is 10.2. The second kappa shape index (κ2) is 6.65. The molecule has 0 aliphatic carbocycles. The molecule has 0 saturated heterocycles. The number of hydrogen-bond donors (Lipinski definition) is 2. The Morgan fingerprint density at radius 2 is 2.10 bits per heavy atom. The maximum Gasteiger partial charge on any atom is 0.320 e. The first-order chi connectivity index (χ1) is 9.97. The molecule has 1 heterocycles. The summed E-state index contributed by atoms with van der Waals surface area (Å²) in [4.78, 5) is 10.7. The summed E-state index contributed by atoms with van der Waals surface area (Å²) in [5.41, 5.74) is 6.39. The predicted octanol–water partition coefficient (Wildman–Crippen LogP) is 2.77. The molecule has 6 heteroatoms. The number of aliphatic carboxylic acids is 1. The van der Waals surface area contributed by atoms with Crippen molar-refractivity contribution in [3.63, 3.8) is 0 Å². The maximum atomic E-state index is 10.7. The third kappa shape index (κ3) is 4.00. The molecule has 0 radical (unpaired) electrons. The van der Waals surface area contributed by atoms with E-state index in [-0.39, 0.29) is 13.0 Å². The van der Waals surface area contributed by atoms with Crippen LogP contribution in [0.2, 0.25) is 5.02 Å². The number of halogens is 1. The molecule has 0 amide bonds. The molecule has 0 spiro atoms. The zero-order chi connectivity index (χ0) is 15.4. The average molecular weight is 310 g/mol. The summed E-state index contributed by atoms with van der Waals surface area (Å²) in [7, 11) is 0. The quantitative estimate of drug-likeness (QED) is 0.857. The van der Waals surface area contributed by atoms with Crippen molar-refractivity contribution in [1.82, 2.24) is 0 Å². The molecule has 0 bridgehead atoms. The van der Waals surface area contributed by atoms with Gasteiger partial charge < -0.3 is 20.0 Å². The first-order valence-corrected chi connectivity index (χ1v) is 6.79. The number of rotatable bonds is 6. The van der Waals surface area contributed by atoms with Gasteiger partial charge in [0.1, 0.15) is 29.9 Å². The van der Waals surface area contributed by atoms with E-state index in [0.717, 1.165) is 5.56 Å². The third-order valence-electron chi connectivity index (χ3n) is 2.98. The second-order valence-electron chi connectivity index (χ2n) is 4.69. The van der Waals surface area contributed by atoms with Crippen molar-refractivity contribution in [1.29, 1.82) is 0 Å². The van der Waals surface area contributed by atoms with Crippen LogP contribution in [0.1, 0.15) is 17.1 Å². The highest BCUT2D eigenvalue weighted by Crippen LogP contribution is 2.28. The molecular formula is C15H16ClNO4. The van der Waals surface area contributed by atoms with E-state index in [1.807, 2.05) is 19.1 Å². The van der Waals surface area contributed by atoms with Crippen LogP contribution in [0, 0.1) is 6.92 Å². The molecule has 0 saturated carbocycles. The van der Waals surface area contributed by atoms with E-state index in [4.69, 9.17) is 31.6 Å². The lowest BCUT2D eigenvalue weighted by molar-refractivity contribution is -0.138. The van der Waals surface area contributed by atoms with Gasteiger partial charge in [-0.2, -0.15) is 0 Å². The fraction of sp³-hybridized carbons (Fsp3) is 0.267. The number of carbonyl (C=O) groups is 1. The molecule has 2 rings (SSSR count). The number of hydrogen-bond acceptors (Lipinski definition) is 4. The lowest BCUT2D eigenvalue weighted by Crippen LogP contribution is -2.32. The van der Waals surface area contributed by atoms with E-state index in [2.05, 4.69) is 0 Å². The molecule has 5 nitrogen and oxygen atoms in total. The normalized spacial score (nSPS) is 12.1. The summed E-state index contributed by atoms with van der Waals surface area (Å²) in [5, 5.41) is 9.29. The van der Waals surface area contributed by atoms with Gasteiger partial charge in [-0.05, 0) is 30.7 Å². The minimum Gasteiger partial charge on any atom is -0.484 e. The van der Waals surface area contributed by atoms with E-state index >= 15 is 0 Å². The second-order valence-corrected chi connectivity index (χ2v) is 5.10. The van der Waals surface area contributed by atoms with E-state index < -0.39 is 12.0 Å². The Kier molecular flexibility index (Phi) is 4.88. The monoisotopic (exact) mass is 309 g/mol. The van der Waals surface area contributed by atoms with Gasteiger partial charge >= 0.3 is 5.97 Å². The summed E-state index contributed by atoms with van der Waals surface area (Å²) in [6.45, 7) is 2.12. The molecule has 0 aliphatic heterocycles. The van der Waals surface area contributed by atoms with Crippen LogP contribution >= 0.6 is 11.6 Å². The number of para-hydroxylation sites is 1. The topological polar surface area (TPSA) is 85.7 Å². The molecule has 0 fully saturated rings. The number of nitrogens with two attached hydrogens (primary N) is 1. The van der Waals surface area contributed by atoms with Crippen molar-refractivity contribution in [3.05, 3.63) is 52.4 Å². The predicted molar refractivity (Wildman–Crippen MR) is 78.5 cm³/mol. The largest absolute Gasteiger partial charge is 0.484 e. The third-order valence-corrected chi connectivity index (χ3v) is 3.28. The highest BCUT2D eigenvalue weighted by molar-refractivity contribution is 6.32. The van der Waals surface area contributed by atoms with Crippen LogP contribution in [0.5, 0.6) is 5.75 Å². The smallest absolute Gasteiger partial charge is 0.320 e. The van der Waals surface area contributed by atoms with Gasteiger partial charge in [-0.25, -0.2) is 0 Å². The Morgan fingerprint density at radius 3 is 2.76 bits per heavy atom. The summed E-state index contributed by atoms with van der Waals surface area (Å²) in [6, 6.07) is 7.96. The Labute approximate surface area is 127 Å². The van der Waals surface area contributed by atoms with Crippen molar-refractivity contribution >= 4 is 17.6 Å². The molecule has 1 aromatic carbocycles. The van der Waals surface area contributed by atoms with Crippen LogP contribution in [0.3, 0.4) is 0 Å². The fourth-order valence-corrected chi connectivity index (χ4v) is 2.13. The van der Waals surface area contributed by atoms with Crippen molar-refractivity contribution in [3.8, 4) is 5.75 Å². The highest BCUT2D eigenvalue weighted by Gasteiger charge is 2.15. The molecule has 21 heavy (non-hydrogen) atoms. The van der Waals surface area contributed by atoms with Gasteiger partial charge in [0.2, 0.25) is 0 Å². The molecular weight excluding hydrogens is 294 g/mol. The van der Waals surface area contributed by atoms with Gasteiger partial charge in [0.15, 0.2) is 0 Å². The molecule has 3 N–H and O–H groups in total. The van der Waals surface area contributed by atoms with Crippen molar-refractivity contribution in [2.75, 3.05) is 0 Å². The van der Waals surface area contributed by atoms with Crippen LogP contribution in [0.4, 0.5) is 0 Å².